The molecule has 0 radical (unpaired) electrons. The van der Waals surface area contributed by atoms with Gasteiger partial charge in [-0.05, 0) is 50.6 Å². The molecule has 0 fully saturated rings. The molecule has 0 aliphatic heterocycles. The molecule has 5 heteroatoms. The van der Waals surface area contributed by atoms with Crippen molar-refractivity contribution in [3.8, 4) is 0 Å². The summed E-state index contributed by atoms with van der Waals surface area (Å²) >= 11 is 5.96. The number of nitrogens with zero attached hydrogens (tertiary/aromatic N) is 1. The van der Waals surface area contributed by atoms with Crippen molar-refractivity contribution < 1.29 is 9.59 Å². The van der Waals surface area contributed by atoms with Crippen LogP contribution in [0.5, 0.6) is 0 Å². The summed E-state index contributed by atoms with van der Waals surface area (Å²) in [7, 11) is 0. The van der Waals surface area contributed by atoms with Crippen LogP contribution in [-0.2, 0) is 4.79 Å². The third kappa shape index (κ3) is 4.59. The number of benzene rings is 2. The van der Waals surface area contributed by atoms with Crippen molar-refractivity contribution in [2.24, 2.45) is 0 Å². The van der Waals surface area contributed by atoms with Gasteiger partial charge in [-0.3, -0.25) is 9.59 Å². The number of hydrogen-bond acceptors (Lipinski definition) is 2. The van der Waals surface area contributed by atoms with Gasteiger partial charge in [0.2, 0.25) is 5.91 Å². The fourth-order valence-corrected chi connectivity index (χ4v) is 2.55. The average molecular weight is 345 g/mol. The number of aryl methyl sites for hydroxylation is 2. The lowest BCUT2D eigenvalue weighted by atomic mass is 10.1. The number of rotatable bonds is 5. The van der Waals surface area contributed by atoms with E-state index in [1.165, 1.54) is 4.90 Å². The lowest BCUT2D eigenvalue weighted by Gasteiger charge is -2.21. The molecule has 0 heterocycles. The molecule has 1 N–H and O–H groups in total. The van der Waals surface area contributed by atoms with E-state index in [2.05, 4.69) is 5.32 Å². The number of nitrogens with one attached hydrogen (secondary N) is 1. The van der Waals surface area contributed by atoms with E-state index in [4.69, 9.17) is 11.6 Å². The highest BCUT2D eigenvalue weighted by molar-refractivity contribution is 6.31. The second-order valence-electron chi connectivity index (χ2n) is 5.70. The van der Waals surface area contributed by atoms with Crippen LogP contribution in [-0.4, -0.2) is 29.8 Å². The largest absolute Gasteiger partial charge is 0.330 e. The third-order valence-corrected chi connectivity index (χ3v) is 3.98. The highest BCUT2D eigenvalue weighted by Crippen LogP contribution is 2.20. The summed E-state index contributed by atoms with van der Waals surface area (Å²) < 4.78 is 0. The molecule has 0 unspecified atom stereocenters. The maximum absolute atomic E-state index is 12.6. The van der Waals surface area contributed by atoms with Crippen molar-refractivity contribution >= 4 is 29.1 Å². The van der Waals surface area contributed by atoms with Gasteiger partial charge in [0.1, 0.15) is 6.54 Å². The Bertz CT molecular complexity index is 759. The molecule has 0 atom stereocenters. The Morgan fingerprint density at radius 3 is 2.54 bits per heavy atom. The molecule has 2 rings (SSSR count). The van der Waals surface area contributed by atoms with E-state index in [0.29, 0.717) is 22.8 Å². The molecule has 0 spiro atoms. The molecule has 2 amide bonds. The average Bonchev–Trinajstić information content (AvgIpc) is 2.55. The van der Waals surface area contributed by atoms with Crippen LogP contribution < -0.4 is 5.32 Å². The maximum Gasteiger partial charge on any atom is 0.254 e. The fourth-order valence-electron chi connectivity index (χ4n) is 2.38. The van der Waals surface area contributed by atoms with Crippen molar-refractivity contribution in [1.82, 2.24) is 4.90 Å². The van der Waals surface area contributed by atoms with E-state index in [1.807, 2.05) is 45.0 Å². The Hall–Kier alpha value is -2.33. The Morgan fingerprint density at radius 2 is 1.88 bits per heavy atom. The summed E-state index contributed by atoms with van der Waals surface area (Å²) in [6, 6.07) is 12.7. The van der Waals surface area contributed by atoms with Gasteiger partial charge in [-0.15, -0.1) is 0 Å². The highest BCUT2D eigenvalue weighted by atomic mass is 35.5. The first-order valence-electron chi connectivity index (χ1n) is 7.82. The molecule has 0 saturated carbocycles. The van der Waals surface area contributed by atoms with E-state index < -0.39 is 0 Å². The van der Waals surface area contributed by atoms with Crippen LogP contribution in [0.25, 0.3) is 0 Å². The molecular formula is C19H21ClN2O2. The van der Waals surface area contributed by atoms with E-state index in [9.17, 15) is 9.59 Å². The molecule has 0 aromatic heterocycles. The SMILES string of the molecule is CCN(CC(=O)Nc1cc(Cl)ccc1C)C(=O)c1cccc(C)c1. The van der Waals surface area contributed by atoms with Gasteiger partial charge >= 0.3 is 0 Å². The number of anilines is 1. The maximum atomic E-state index is 12.6. The zero-order valence-electron chi connectivity index (χ0n) is 14.1. The van der Waals surface area contributed by atoms with Crippen molar-refractivity contribution in [3.63, 3.8) is 0 Å². The number of likely N-dealkylation sites (N-methyl/N-ethyl adjacent to an activating group) is 1. The van der Waals surface area contributed by atoms with Crippen molar-refractivity contribution in [1.29, 1.82) is 0 Å². The van der Waals surface area contributed by atoms with Gasteiger partial charge in [0.05, 0.1) is 0 Å². The normalized spacial score (nSPS) is 10.3. The van der Waals surface area contributed by atoms with Gasteiger partial charge < -0.3 is 10.2 Å². The molecular weight excluding hydrogens is 324 g/mol. The van der Waals surface area contributed by atoms with Gasteiger partial charge in [-0.25, -0.2) is 0 Å². The Morgan fingerprint density at radius 1 is 1.12 bits per heavy atom. The number of amides is 2. The minimum Gasteiger partial charge on any atom is -0.330 e. The van der Waals surface area contributed by atoms with Crippen LogP contribution in [0.2, 0.25) is 5.02 Å². The summed E-state index contributed by atoms with van der Waals surface area (Å²) in [6.07, 6.45) is 0. The van der Waals surface area contributed by atoms with E-state index in [1.54, 1.807) is 18.2 Å². The van der Waals surface area contributed by atoms with Gasteiger partial charge in [0, 0.05) is 22.8 Å². The van der Waals surface area contributed by atoms with Crippen molar-refractivity contribution in [2.75, 3.05) is 18.4 Å². The minimum atomic E-state index is -0.247. The second-order valence-corrected chi connectivity index (χ2v) is 6.13. The number of halogens is 1. The lowest BCUT2D eigenvalue weighted by molar-refractivity contribution is -0.116. The molecule has 0 bridgehead atoms. The zero-order valence-corrected chi connectivity index (χ0v) is 14.9. The molecule has 2 aromatic carbocycles. The Balaban J connectivity index is 2.08. The standard InChI is InChI=1S/C19H21ClN2O2/c1-4-22(19(24)15-7-5-6-13(2)10-15)12-18(23)21-17-11-16(20)9-8-14(17)3/h5-11H,4,12H2,1-3H3,(H,21,23). The fraction of sp³-hybridized carbons (Fsp3) is 0.263. The second kappa shape index (κ2) is 7.97. The summed E-state index contributed by atoms with van der Waals surface area (Å²) in [5.41, 5.74) is 3.17. The number of hydrogen-bond donors (Lipinski definition) is 1. The van der Waals surface area contributed by atoms with E-state index in [0.717, 1.165) is 11.1 Å². The summed E-state index contributed by atoms with van der Waals surface area (Å²) in [6.45, 7) is 6.12. The highest BCUT2D eigenvalue weighted by Gasteiger charge is 2.18. The predicted molar refractivity (Wildman–Crippen MR) is 97.6 cm³/mol. The van der Waals surface area contributed by atoms with Crippen LogP contribution in [0.15, 0.2) is 42.5 Å². The van der Waals surface area contributed by atoms with Gasteiger partial charge in [-0.1, -0.05) is 35.4 Å². The van der Waals surface area contributed by atoms with Crippen LogP contribution in [0, 0.1) is 13.8 Å². The minimum absolute atomic E-state index is 0.00473. The third-order valence-electron chi connectivity index (χ3n) is 3.74. The number of carbonyl (C=O) groups excluding carboxylic acids is 2. The first kappa shape index (κ1) is 18.0. The number of carbonyl (C=O) groups is 2. The van der Waals surface area contributed by atoms with Crippen molar-refractivity contribution in [3.05, 3.63) is 64.2 Å². The zero-order chi connectivity index (χ0) is 17.7. The summed E-state index contributed by atoms with van der Waals surface area (Å²) in [4.78, 5) is 26.4. The Kier molecular flexibility index (Phi) is 5.99. The first-order valence-corrected chi connectivity index (χ1v) is 8.20. The predicted octanol–water partition coefficient (Wildman–Crippen LogP) is 4.06. The molecule has 0 aliphatic rings. The molecule has 0 saturated heterocycles. The molecule has 126 valence electrons. The lowest BCUT2D eigenvalue weighted by Crippen LogP contribution is -2.38. The van der Waals surface area contributed by atoms with Gasteiger partial charge in [-0.2, -0.15) is 0 Å². The summed E-state index contributed by atoms with van der Waals surface area (Å²) in [5, 5.41) is 3.37. The van der Waals surface area contributed by atoms with Gasteiger partial charge in [0.15, 0.2) is 0 Å². The molecule has 24 heavy (non-hydrogen) atoms. The van der Waals surface area contributed by atoms with E-state index in [-0.39, 0.29) is 18.4 Å². The molecule has 0 aliphatic carbocycles. The van der Waals surface area contributed by atoms with Crippen LogP contribution in [0.3, 0.4) is 0 Å². The van der Waals surface area contributed by atoms with Crippen LogP contribution in [0.4, 0.5) is 5.69 Å². The van der Waals surface area contributed by atoms with Gasteiger partial charge in [0.25, 0.3) is 5.91 Å². The topological polar surface area (TPSA) is 49.4 Å². The smallest absolute Gasteiger partial charge is 0.254 e. The molecule has 2 aromatic rings. The Labute approximate surface area is 147 Å². The van der Waals surface area contributed by atoms with Crippen LogP contribution in [0.1, 0.15) is 28.4 Å². The first-order chi connectivity index (χ1) is 11.4. The van der Waals surface area contributed by atoms with Crippen LogP contribution >= 0.6 is 11.6 Å². The monoisotopic (exact) mass is 344 g/mol. The van der Waals surface area contributed by atoms with E-state index >= 15 is 0 Å². The molecule has 4 nitrogen and oxygen atoms in total. The quantitative estimate of drug-likeness (QED) is 0.889. The van der Waals surface area contributed by atoms with Crippen molar-refractivity contribution in [2.45, 2.75) is 20.8 Å². The summed E-state index contributed by atoms with van der Waals surface area (Å²) in [5.74, 6) is -0.401.